The van der Waals surface area contributed by atoms with Crippen molar-refractivity contribution in [3.05, 3.63) is 28.8 Å². The molecule has 0 N–H and O–H groups in total. The zero-order chi connectivity index (χ0) is 13.4. The van der Waals surface area contributed by atoms with Crippen LogP contribution in [0.4, 0.5) is 0 Å². The fourth-order valence-electron chi connectivity index (χ4n) is 1.92. The Morgan fingerprint density at radius 3 is 2.61 bits per heavy atom. The first-order valence-electron chi connectivity index (χ1n) is 6.55. The van der Waals surface area contributed by atoms with Gasteiger partial charge in [0.2, 0.25) is 0 Å². The predicted molar refractivity (Wildman–Crippen MR) is 75.7 cm³/mol. The SMILES string of the molecule is CCCCCCCC(=O)c1cc(Cl)ccc1OC. The number of rotatable bonds is 8. The maximum atomic E-state index is 12.1. The standard InChI is InChI=1S/C15H21ClO2/c1-3-4-5-6-7-8-14(17)13-11-12(16)9-10-15(13)18-2/h9-11H,3-8H2,1-2H3. The summed E-state index contributed by atoms with van der Waals surface area (Å²) in [6.45, 7) is 2.18. The monoisotopic (exact) mass is 268 g/mol. The maximum absolute atomic E-state index is 12.1. The minimum atomic E-state index is 0.117. The van der Waals surface area contributed by atoms with Crippen LogP contribution in [0, 0.1) is 0 Å². The van der Waals surface area contributed by atoms with Crippen molar-refractivity contribution < 1.29 is 9.53 Å². The second-order valence-electron chi connectivity index (χ2n) is 4.43. The van der Waals surface area contributed by atoms with Crippen LogP contribution >= 0.6 is 11.6 Å². The van der Waals surface area contributed by atoms with Crippen molar-refractivity contribution in [2.75, 3.05) is 7.11 Å². The molecule has 1 aromatic rings. The molecule has 18 heavy (non-hydrogen) atoms. The number of ether oxygens (including phenoxy) is 1. The Morgan fingerprint density at radius 2 is 1.94 bits per heavy atom. The number of unbranched alkanes of at least 4 members (excludes halogenated alkanes) is 4. The number of halogens is 1. The van der Waals surface area contributed by atoms with Crippen LogP contribution in [0.3, 0.4) is 0 Å². The highest BCUT2D eigenvalue weighted by Crippen LogP contribution is 2.24. The van der Waals surface area contributed by atoms with Crippen molar-refractivity contribution in [1.29, 1.82) is 0 Å². The normalized spacial score (nSPS) is 10.4. The lowest BCUT2D eigenvalue weighted by atomic mass is 10.0. The Morgan fingerprint density at radius 1 is 1.22 bits per heavy atom. The van der Waals surface area contributed by atoms with Crippen molar-refractivity contribution in [1.82, 2.24) is 0 Å². The topological polar surface area (TPSA) is 26.3 Å². The van der Waals surface area contributed by atoms with Crippen molar-refractivity contribution >= 4 is 17.4 Å². The summed E-state index contributed by atoms with van der Waals surface area (Å²) in [4.78, 5) is 12.1. The number of carbonyl (C=O) groups is 1. The Balaban J connectivity index is 2.52. The molecular weight excluding hydrogens is 248 g/mol. The number of ketones is 1. The van der Waals surface area contributed by atoms with E-state index in [-0.39, 0.29) is 5.78 Å². The number of carbonyl (C=O) groups excluding carboxylic acids is 1. The van der Waals surface area contributed by atoms with E-state index in [9.17, 15) is 4.79 Å². The third kappa shape index (κ3) is 4.69. The van der Waals surface area contributed by atoms with E-state index < -0.39 is 0 Å². The largest absolute Gasteiger partial charge is 0.496 e. The summed E-state index contributed by atoms with van der Waals surface area (Å²) in [5.74, 6) is 0.726. The first kappa shape index (κ1) is 15.0. The van der Waals surface area contributed by atoms with E-state index in [2.05, 4.69) is 6.92 Å². The summed E-state index contributed by atoms with van der Waals surface area (Å²) < 4.78 is 5.19. The summed E-state index contributed by atoms with van der Waals surface area (Å²) in [6.07, 6.45) is 6.29. The van der Waals surface area contributed by atoms with Gasteiger partial charge in [0.15, 0.2) is 5.78 Å². The lowest BCUT2D eigenvalue weighted by molar-refractivity contribution is 0.0976. The molecule has 0 atom stereocenters. The van der Waals surface area contributed by atoms with Gasteiger partial charge in [-0.2, -0.15) is 0 Å². The molecule has 0 aliphatic carbocycles. The van der Waals surface area contributed by atoms with Crippen LogP contribution in [0.5, 0.6) is 5.75 Å². The van der Waals surface area contributed by atoms with Gasteiger partial charge >= 0.3 is 0 Å². The molecule has 0 saturated carbocycles. The number of methoxy groups -OCH3 is 1. The van der Waals surface area contributed by atoms with Gasteiger partial charge in [-0.25, -0.2) is 0 Å². The van der Waals surface area contributed by atoms with E-state index in [4.69, 9.17) is 16.3 Å². The first-order valence-corrected chi connectivity index (χ1v) is 6.93. The average Bonchev–Trinajstić information content (AvgIpc) is 2.38. The van der Waals surface area contributed by atoms with E-state index in [0.29, 0.717) is 22.8 Å². The lowest BCUT2D eigenvalue weighted by Crippen LogP contribution is -2.02. The van der Waals surface area contributed by atoms with Gasteiger partial charge in [-0.3, -0.25) is 4.79 Å². The van der Waals surface area contributed by atoms with Gasteiger partial charge in [0.25, 0.3) is 0 Å². The lowest BCUT2D eigenvalue weighted by Gasteiger charge is -2.08. The number of Topliss-reactive ketones (excluding diaryl/α,β-unsaturated/α-hetero) is 1. The van der Waals surface area contributed by atoms with Crippen LogP contribution in [0.1, 0.15) is 55.8 Å². The van der Waals surface area contributed by atoms with E-state index in [1.54, 1.807) is 25.3 Å². The van der Waals surface area contributed by atoms with Crippen LogP contribution in [-0.4, -0.2) is 12.9 Å². The molecule has 2 nitrogen and oxygen atoms in total. The van der Waals surface area contributed by atoms with E-state index in [0.717, 1.165) is 12.8 Å². The third-order valence-corrected chi connectivity index (χ3v) is 3.20. The van der Waals surface area contributed by atoms with Crippen molar-refractivity contribution in [3.8, 4) is 5.75 Å². The van der Waals surface area contributed by atoms with Gasteiger partial charge in [0, 0.05) is 11.4 Å². The molecule has 0 aliphatic rings. The molecule has 0 spiro atoms. The molecular formula is C15H21ClO2. The minimum absolute atomic E-state index is 0.117. The van der Waals surface area contributed by atoms with Crippen LogP contribution < -0.4 is 4.74 Å². The maximum Gasteiger partial charge on any atom is 0.166 e. The first-order chi connectivity index (χ1) is 8.69. The molecule has 0 radical (unpaired) electrons. The Labute approximate surface area is 114 Å². The smallest absolute Gasteiger partial charge is 0.166 e. The van der Waals surface area contributed by atoms with Crippen molar-refractivity contribution in [3.63, 3.8) is 0 Å². The summed E-state index contributed by atoms with van der Waals surface area (Å²) >= 11 is 5.91. The molecule has 0 bridgehead atoms. The summed E-state index contributed by atoms with van der Waals surface area (Å²) in [7, 11) is 1.57. The molecule has 0 aromatic heterocycles. The van der Waals surface area contributed by atoms with Gasteiger partial charge < -0.3 is 4.74 Å². The molecule has 0 saturated heterocycles. The second-order valence-corrected chi connectivity index (χ2v) is 4.87. The molecule has 1 aromatic carbocycles. The second kappa shape index (κ2) is 8.15. The van der Waals surface area contributed by atoms with E-state index in [1.165, 1.54) is 19.3 Å². The van der Waals surface area contributed by atoms with Crippen LogP contribution in [-0.2, 0) is 0 Å². The highest BCUT2D eigenvalue weighted by molar-refractivity contribution is 6.31. The van der Waals surface area contributed by atoms with Crippen LogP contribution in [0.2, 0.25) is 5.02 Å². The predicted octanol–water partition coefficient (Wildman–Crippen LogP) is 4.89. The Hall–Kier alpha value is -1.02. The molecule has 0 aliphatic heterocycles. The molecule has 0 fully saturated rings. The van der Waals surface area contributed by atoms with Gasteiger partial charge in [-0.1, -0.05) is 44.2 Å². The quantitative estimate of drug-likeness (QED) is 0.495. The van der Waals surface area contributed by atoms with Gasteiger partial charge in [-0.05, 0) is 24.6 Å². The molecule has 0 unspecified atom stereocenters. The molecule has 1 rings (SSSR count). The highest BCUT2D eigenvalue weighted by Gasteiger charge is 2.12. The van der Waals surface area contributed by atoms with Gasteiger partial charge in [-0.15, -0.1) is 0 Å². The third-order valence-electron chi connectivity index (χ3n) is 2.97. The van der Waals surface area contributed by atoms with Gasteiger partial charge in [0.1, 0.15) is 5.75 Å². The van der Waals surface area contributed by atoms with Crippen LogP contribution in [0.15, 0.2) is 18.2 Å². The fourth-order valence-corrected chi connectivity index (χ4v) is 2.09. The number of benzene rings is 1. The van der Waals surface area contributed by atoms with E-state index in [1.807, 2.05) is 0 Å². The summed E-state index contributed by atoms with van der Waals surface area (Å²) in [5.41, 5.74) is 0.598. The highest BCUT2D eigenvalue weighted by atomic mass is 35.5. The van der Waals surface area contributed by atoms with E-state index >= 15 is 0 Å². The Bertz CT molecular complexity index is 388. The minimum Gasteiger partial charge on any atom is -0.496 e. The molecule has 0 heterocycles. The molecule has 0 amide bonds. The molecule has 3 heteroatoms. The van der Waals surface area contributed by atoms with Gasteiger partial charge in [0.05, 0.1) is 12.7 Å². The zero-order valence-electron chi connectivity index (χ0n) is 11.2. The Kier molecular flexibility index (Phi) is 6.81. The van der Waals surface area contributed by atoms with Crippen molar-refractivity contribution in [2.24, 2.45) is 0 Å². The average molecular weight is 269 g/mol. The summed E-state index contributed by atoms with van der Waals surface area (Å²) in [5, 5.41) is 0.574. The zero-order valence-corrected chi connectivity index (χ0v) is 11.9. The number of hydrogen-bond acceptors (Lipinski definition) is 2. The number of hydrogen-bond donors (Lipinski definition) is 0. The fraction of sp³-hybridized carbons (Fsp3) is 0.533. The van der Waals surface area contributed by atoms with Crippen LogP contribution in [0.25, 0.3) is 0 Å². The summed E-state index contributed by atoms with van der Waals surface area (Å²) in [6, 6.07) is 5.17. The van der Waals surface area contributed by atoms with Crippen molar-refractivity contribution in [2.45, 2.75) is 45.4 Å². The molecule has 100 valence electrons.